The van der Waals surface area contributed by atoms with Gasteiger partial charge in [0.2, 0.25) is 0 Å². The summed E-state index contributed by atoms with van der Waals surface area (Å²) in [5.41, 5.74) is 1.51. The molecule has 1 heterocycles. The molecule has 0 aliphatic heterocycles. The lowest BCUT2D eigenvalue weighted by molar-refractivity contribution is -0.136. The van der Waals surface area contributed by atoms with Gasteiger partial charge >= 0.3 is 11.8 Å². The topological polar surface area (TPSA) is 77.2 Å². The average Bonchev–Trinajstić information content (AvgIpc) is 2.90. The van der Waals surface area contributed by atoms with Gasteiger partial charge in [0.1, 0.15) is 0 Å². The maximum atomic E-state index is 11.8. The molecule has 2 rings (SSSR count). The molecule has 112 valence electrons. The van der Waals surface area contributed by atoms with Gasteiger partial charge in [0.05, 0.1) is 0 Å². The number of aromatic nitrogens is 1. The van der Waals surface area contributed by atoms with Gasteiger partial charge in [-0.1, -0.05) is 6.07 Å². The van der Waals surface area contributed by atoms with Gasteiger partial charge < -0.3 is 20.5 Å². The van der Waals surface area contributed by atoms with E-state index in [4.69, 9.17) is 0 Å². The van der Waals surface area contributed by atoms with E-state index in [1.165, 1.54) is 0 Å². The first kappa shape index (κ1) is 15.1. The van der Waals surface area contributed by atoms with E-state index in [1.54, 1.807) is 12.1 Å². The normalized spacial score (nSPS) is 10.8. The van der Waals surface area contributed by atoms with Gasteiger partial charge in [-0.3, -0.25) is 9.59 Å². The average molecular weight is 288 g/mol. The molecule has 2 amide bonds. The Kier molecular flexibility index (Phi) is 4.94. The van der Waals surface area contributed by atoms with Crippen molar-refractivity contribution in [3.63, 3.8) is 0 Å². The van der Waals surface area contributed by atoms with E-state index in [2.05, 4.69) is 15.6 Å². The minimum atomic E-state index is -0.647. The number of carbonyl (C=O) groups excluding carboxylic acids is 2. The molecule has 6 nitrogen and oxygen atoms in total. The van der Waals surface area contributed by atoms with E-state index in [0.29, 0.717) is 12.2 Å². The van der Waals surface area contributed by atoms with Crippen molar-refractivity contribution in [2.24, 2.45) is 0 Å². The molecule has 0 aliphatic rings. The fraction of sp³-hybridized carbons (Fsp3) is 0.333. The van der Waals surface area contributed by atoms with Crippen molar-refractivity contribution >= 4 is 28.4 Å². The Morgan fingerprint density at radius 2 is 2.00 bits per heavy atom. The Bertz CT molecular complexity index is 633. The van der Waals surface area contributed by atoms with Crippen molar-refractivity contribution in [1.82, 2.24) is 15.2 Å². The predicted molar refractivity (Wildman–Crippen MR) is 83.1 cm³/mol. The van der Waals surface area contributed by atoms with Crippen LogP contribution in [0.2, 0.25) is 0 Å². The highest BCUT2D eigenvalue weighted by molar-refractivity contribution is 6.39. The molecule has 0 bridgehead atoms. The molecule has 0 spiro atoms. The molecule has 0 saturated heterocycles. The molecule has 2 aromatic rings. The van der Waals surface area contributed by atoms with Crippen molar-refractivity contribution in [1.29, 1.82) is 0 Å². The molecule has 0 saturated carbocycles. The Labute approximate surface area is 123 Å². The number of hydrogen-bond donors (Lipinski definition) is 3. The van der Waals surface area contributed by atoms with E-state index < -0.39 is 11.8 Å². The summed E-state index contributed by atoms with van der Waals surface area (Å²) in [6.45, 7) is 1.35. The minimum absolute atomic E-state index is 0.486. The third-order valence-electron chi connectivity index (χ3n) is 3.09. The van der Waals surface area contributed by atoms with E-state index in [-0.39, 0.29) is 0 Å². The van der Waals surface area contributed by atoms with Crippen molar-refractivity contribution in [3.05, 3.63) is 30.5 Å². The van der Waals surface area contributed by atoms with Crippen molar-refractivity contribution in [3.8, 4) is 0 Å². The largest absolute Gasteiger partial charge is 0.361 e. The van der Waals surface area contributed by atoms with Crippen molar-refractivity contribution in [2.75, 3.05) is 32.5 Å². The lowest BCUT2D eigenvalue weighted by atomic mass is 10.2. The van der Waals surface area contributed by atoms with Gasteiger partial charge in [0.15, 0.2) is 0 Å². The number of rotatable bonds is 5. The molecule has 1 aromatic heterocycles. The zero-order valence-corrected chi connectivity index (χ0v) is 12.3. The van der Waals surface area contributed by atoms with E-state index in [0.717, 1.165) is 23.9 Å². The van der Waals surface area contributed by atoms with Gasteiger partial charge in [-0.15, -0.1) is 0 Å². The third-order valence-corrected chi connectivity index (χ3v) is 3.09. The number of aromatic amines is 1. The van der Waals surface area contributed by atoms with Crippen LogP contribution >= 0.6 is 0 Å². The van der Waals surface area contributed by atoms with Gasteiger partial charge in [0, 0.05) is 23.9 Å². The van der Waals surface area contributed by atoms with Crippen molar-refractivity contribution < 1.29 is 9.59 Å². The summed E-state index contributed by atoms with van der Waals surface area (Å²) >= 11 is 0. The highest BCUT2D eigenvalue weighted by Gasteiger charge is 2.13. The van der Waals surface area contributed by atoms with Crippen LogP contribution in [0.4, 0.5) is 5.69 Å². The zero-order chi connectivity index (χ0) is 15.2. The number of hydrogen-bond acceptors (Lipinski definition) is 3. The van der Waals surface area contributed by atoms with Crippen LogP contribution in [0.15, 0.2) is 30.5 Å². The minimum Gasteiger partial charge on any atom is -0.361 e. The molecule has 3 N–H and O–H groups in total. The number of carbonyl (C=O) groups is 2. The van der Waals surface area contributed by atoms with Crippen LogP contribution in [0.25, 0.3) is 10.9 Å². The fourth-order valence-electron chi connectivity index (χ4n) is 1.99. The summed E-state index contributed by atoms with van der Waals surface area (Å²) in [7, 11) is 3.93. The van der Waals surface area contributed by atoms with Crippen LogP contribution in [-0.4, -0.2) is 48.9 Å². The van der Waals surface area contributed by atoms with Crippen LogP contribution in [0.3, 0.4) is 0 Å². The molecular weight excluding hydrogens is 268 g/mol. The third kappa shape index (κ3) is 4.32. The van der Waals surface area contributed by atoms with Crippen LogP contribution in [0.1, 0.15) is 6.42 Å². The molecule has 6 heteroatoms. The van der Waals surface area contributed by atoms with Crippen molar-refractivity contribution in [2.45, 2.75) is 6.42 Å². The number of benzene rings is 1. The first-order valence-corrected chi connectivity index (χ1v) is 6.87. The summed E-state index contributed by atoms with van der Waals surface area (Å²) in [5.74, 6) is -1.26. The summed E-state index contributed by atoms with van der Waals surface area (Å²) in [4.78, 5) is 28.5. The van der Waals surface area contributed by atoms with Gasteiger partial charge in [-0.05, 0) is 50.6 Å². The molecule has 0 atom stereocenters. The summed E-state index contributed by atoms with van der Waals surface area (Å²) in [5, 5.41) is 6.25. The Balaban J connectivity index is 1.84. The summed E-state index contributed by atoms with van der Waals surface area (Å²) in [6.07, 6.45) is 2.63. The maximum Gasteiger partial charge on any atom is 0.313 e. The van der Waals surface area contributed by atoms with Gasteiger partial charge in [0.25, 0.3) is 0 Å². The second kappa shape index (κ2) is 6.90. The molecule has 0 unspecified atom stereocenters. The molecular formula is C15H20N4O2. The quantitative estimate of drug-likeness (QED) is 0.571. The SMILES string of the molecule is CN(C)CCCNC(=O)C(=O)Nc1ccc2cc[nH]c2c1. The lowest BCUT2D eigenvalue weighted by Gasteiger charge is -2.10. The first-order chi connectivity index (χ1) is 10.1. The van der Waals surface area contributed by atoms with E-state index >= 15 is 0 Å². The zero-order valence-electron chi connectivity index (χ0n) is 12.3. The molecule has 0 fully saturated rings. The Morgan fingerprint density at radius 3 is 2.76 bits per heavy atom. The summed E-state index contributed by atoms with van der Waals surface area (Å²) in [6, 6.07) is 7.40. The second-order valence-corrected chi connectivity index (χ2v) is 5.15. The van der Waals surface area contributed by atoms with Crippen LogP contribution in [-0.2, 0) is 9.59 Å². The van der Waals surface area contributed by atoms with Crippen LogP contribution in [0, 0.1) is 0 Å². The van der Waals surface area contributed by atoms with Crippen LogP contribution in [0.5, 0.6) is 0 Å². The van der Waals surface area contributed by atoms with E-state index in [1.807, 2.05) is 37.3 Å². The van der Waals surface area contributed by atoms with Gasteiger partial charge in [-0.25, -0.2) is 0 Å². The smallest absolute Gasteiger partial charge is 0.313 e. The monoisotopic (exact) mass is 288 g/mol. The highest BCUT2D eigenvalue weighted by Crippen LogP contribution is 2.17. The predicted octanol–water partition coefficient (Wildman–Crippen LogP) is 1.17. The molecule has 0 radical (unpaired) electrons. The Hall–Kier alpha value is -2.34. The standard InChI is InChI=1S/C15H20N4O2/c1-19(2)9-3-7-17-14(20)15(21)18-12-5-4-11-6-8-16-13(11)10-12/h4-6,8,10,16H,3,7,9H2,1-2H3,(H,17,20)(H,18,21). The second-order valence-electron chi connectivity index (χ2n) is 5.15. The number of nitrogens with zero attached hydrogens (tertiary/aromatic N) is 1. The number of anilines is 1. The fourth-order valence-corrected chi connectivity index (χ4v) is 1.99. The molecule has 0 aliphatic carbocycles. The number of amides is 2. The number of nitrogens with one attached hydrogen (secondary N) is 3. The maximum absolute atomic E-state index is 11.8. The molecule has 1 aromatic carbocycles. The van der Waals surface area contributed by atoms with Crippen LogP contribution < -0.4 is 10.6 Å². The van der Waals surface area contributed by atoms with Gasteiger partial charge in [-0.2, -0.15) is 0 Å². The number of H-pyrrole nitrogens is 1. The highest BCUT2D eigenvalue weighted by atomic mass is 16.2. The van der Waals surface area contributed by atoms with E-state index in [9.17, 15) is 9.59 Å². The molecule has 21 heavy (non-hydrogen) atoms. The lowest BCUT2D eigenvalue weighted by Crippen LogP contribution is -2.36. The Morgan fingerprint density at radius 1 is 1.19 bits per heavy atom. The number of fused-ring (bicyclic) bond motifs is 1. The summed E-state index contributed by atoms with van der Waals surface area (Å²) < 4.78 is 0. The first-order valence-electron chi connectivity index (χ1n) is 6.87.